The van der Waals surface area contributed by atoms with E-state index in [1.165, 1.54) is 4.68 Å². The average molecular weight is 295 g/mol. The molecule has 0 radical (unpaired) electrons. The van der Waals surface area contributed by atoms with E-state index in [0.29, 0.717) is 12.1 Å². The first kappa shape index (κ1) is 14.1. The SMILES string of the molecule is FC(F)(F)c1cnn(-c2ccccc2)c1C1CCCCN1. The second kappa shape index (κ2) is 5.52. The fourth-order valence-electron chi connectivity index (χ4n) is 2.77. The van der Waals surface area contributed by atoms with Crippen LogP contribution >= 0.6 is 0 Å². The summed E-state index contributed by atoms with van der Waals surface area (Å²) in [5, 5.41) is 7.17. The summed E-state index contributed by atoms with van der Waals surface area (Å²) in [6.45, 7) is 0.738. The normalized spacial score (nSPS) is 19.7. The first-order valence-electron chi connectivity index (χ1n) is 7.01. The van der Waals surface area contributed by atoms with Crippen molar-refractivity contribution in [2.75, 3.05) is 6.54 Å². The largest absolute Gasteiger partial charge is 0.419 e. The maximum atomic E-state index is 13.3. The second-order valence-corrected chi connectivity index (χ2v) is 5.19. The predicted molar refractivity (Wildman–Crippen MR) is 73.2 cm³/mol. The van der Waals surface area contributed by atoms with E-state index in [4.69, 9.17) is 0 Å². The summed E-state index contributed by atoms with van der Waals surface area (Å²) in [4.78, 5) is 0. The number of benzene rings is 1. The molecule has 2 heterocycles. The number of piperidine rings is 1. The van der Waals surface area contributed by atoms with Gasteiger partial charge in [0.15, 0.2) is 0 Å². The topological polar surface area (TPSA) is 29.9 Å². The van der Waals surface area contributed by atoms with Gasteiger partial charge in [0.2, 0.25) is 0 Å². The number of nitrogens with one attached hydrogen (secondary N) is 1. The third-order valence-electron chi connectivity index (χ3n) is 3.75. The van der Waals surface area contributed by atoms with Crippen molar-refractivity contribution in [1.82, 2.24) is 15.1 Å². The lowest BCUT2D eigenvalue weighted by Crippen LogP contribution is -2.30. The number of aromatic nitrogens is 2. The number of hydrogen-bond donors (Lipinski definition) is 1. The number of alkyl halides is 3. The van der Waals surface area contributed by atoms with E-state index in [1.807, 2.05) is 6.07 Å². The lowest BCUT2D eigenvalue weighted by atomic mass is 9.99. The van der Waals surface area contributed by atoms with Crippen LogP contribution in [-0.2, 0) is 6.18 Å². The van der Waals surface area contributed by atoms with Crippen molar-refractivity contribution in [3.63, 3.8) is 0 Å². The van der Waals surface area contributed by atoms with Crippen molar-refractivity contribution in [1.29, 1.82) is 0 Å². The second-order valence-electron chi connectivity index (χ2n) is 5.19. The van der Waals surface area contributed by atoms with E-state index in [0.717, 1.165) is 25.6 Å². The first-order valence-corrected chi connectivity index (χ1v) is 7.01. The molecule has 1 aromatic heterocycles. The summed E-state index contributed by atoms with van der Waals surface area (Å²) in [6, 6.07) is 8.64. The number of hydrogen-bond acceptors (Lipinski definition) is 2. The molecule has 112 valence electrons. The van der Waals surface area contributed by atoms with Gasteiger partial charge in [0.05, 0.1) is 29.2 Å². The van der Waals surface area contributed by atoms with Crippen LogP contribution in [0.25, 0.3) is 5.69 Å². The monoisotopic (exact) mass is 295 g/mol. The molecule has 0 aliphatic carbocycles. The molecule has 3 rings (SSSR count). The molecule has 3 nitrogen and oxygen atoms in total. The zero-order valence-electron chi connectivity index (χ0n) is 11.4. The highest BCUT2D eigenvalue weighted by atomic mass is 19.4. The van der Waals surface area contributed by atoms with Crippen molar-refractivity contribution in [2.45, 2.75) is 31.5 Å². The van der Waals surface area contributed by atoms with Gasteiger partial charge in [-0.25, -0.2) is 4.68 Å². The van der Waals surface area contributed by atoms with Crippen molar-refractivity contribution < 1.29 is 13.2 Å². The van der Waals surface area contributed by atoms with E-state index >= 15 is 0 Å². The molecule has 1 saturated heterocycles. The van der Waals surface area contributed by atoms with Crippen molar-refractivity contribution in [2.24, 2.45) is 0 Å². The van der Waals surface area contributed by atoms with Crippen LogP contribution < -0.4 is 5.32 Å². The van der Waals surface area contributed by atoms with Crippen LogP contribution in [-0.4, -0.2) is 16.3 Å². The molecule has 1 aromatic carbocycles. The Morgan fingerprint density at radius 3 is 2.52 bits per heavy atom. The minimum atomic E-state index is -4.39. The van der Waals surface area contributed by atoms with Gasteiger partial charge in [-0.2, -0.15) is 18.3 Å². The van der Waals surface area contributed by atoms with Crippen molar-refractivity contribution in [3.05, 3.63) is 47.8 Å². The van der Waals surface area contributed by atoms with E-state index in [-0.39, 0.29) is 11.7 Å². The predicted octanol–water partition coefficient (Wildman–Crippen LogP) is 3.71. The molecule has 0 saturated carbocycles. The Hall–Kier alpha value is -1.82. The Morgan fingerprint density at radius 1 is 1.14 bits per heavy atom. The van der Waals surface area contributed by atoms with Gasteiger partial charge >= 0.3 is 6.18 Å². The van der Waals surface area contributed by atoms with Gasteiger partial charge in [0, 0.05) is 0 Å². The lowest BCUT2D eigenvalue weighted by molar-refractivity contribution is -0.138. The van der Waals surface area contributed by atoms with Crippen LogP contribution in [0.15, 0.2) is 36.5 Å². The third kappa shape index (κ3) is 2.81. The minimum Gasteiger partial charge on any atom is -0.309 e. The Morgan fingerprint density at radius 2 is 1.90 bits per heavy atom. The maximum absolute atomic E-state index is 13.3. The highest BCUT2D eigenvalue weighted by Crippen LogP contribution is 2.37. The fraction of sp³-hybridized carbons (Fsp3) is 0.400. The summed E-state index contributed by atoms with van der Waals surface area (Å²) < 4.78 is 41.2. The van der Waals surface area contributed by atoms with Gasteiger partial charge in [-0.05, 0) is 31.5 Å². The highest BCUT2D eigenvalue weighted by molar-refractivity contribution is 5.37. The quantitative estimate of drug-likeness (QED) is 0.915. The standard InChI is InChI=1S/C15H16F3N3/c16-15(17,18)12-10-20-21(11-6-2-1-3-7-11)14(12)13-8-4-5-9-19-13/h1-3,6-7,10,13,19H,4-5,8-9H2. The van der Waals surface area contributed by atoms with Crippen LogP contribution in [0.3, 0.4) is 0 Å². The Kier molecular flexibility index (Phi) is 3.71. The number of para-hydroxylation sites is 1. The van der Waals surface area contributed by atoms with E-state index in [2.05, 4.69) is 10.4 Å². The van der Waals surface area contributed by atoms with Gasteiger partial charge in [0.1, 0.15) is 0 Å². The van der Waals surface area contributed by atoms with E-state index in [1.54, 1.807) is 24.3 Å². The van der Waals surface area contributed by atoms with Crippen LogP contribution in [0.1, 0.15) is 36.6 Å². The van der Waals surface area contributed by atoms with Crippen LogP contribution in [0, 0.1) is 0 Å². The molecule has 2 aromatic rings. The minimum absolute atomic E-state index is 0.216. The van der Waals surface area contributed by atoms with Gasteiger partial charge in [-0.15, -0.1) is 0 Å². The van der Waals surface area contributed by atoms with Crippen LogP contribution in [0.4, 0.5) is 13.2 Å². The molecule has 0 amide bonds. The molecule has 0 spiro atoms. The van der Waals surface area contributed by atoms with E-state index in [9.17, 15) is 13.2 Å². The van der Waals surface area contributed by atoms with Gasteiger partial charge in [0.25, 0.3) is 0 Å². The molecule has 1 unspecified atom stereocenters. The molecule has 1 fully saturated rings. The molecule has 1 aliphatic rings. The summed E-state index contributed by atoms with van der Waals surface area (Å²) in [5.74, 6) is 0. The number of nitrogens with zero attached hydrogens (tertiary/aromatic N) is 2. The summed E-state index contributed by atoms with van der Waals surface area (Å²) in [7, 11) is 0. The average Bonchev–Trinajstić information content (AvgIpc) is 2.94. The van der Waals surface area contributed by atoms with Gasteiger partial charge < -0.3 is 5.32 Å². The molecular weight excluding hydrogens is 279 g/mol. The zero-order chi connectivity index (χ0) is 14.9. The van der Waals surface area contributed by atoms with Crippen LogP contribution in [0.5, 0.6) is 0 Å². The molecule has 1 atom stereocenters. The Labute approximate surface area is 120 Å². The number of rotatable bonds is 2. The summed E-state index contributed by atoms with van der Waals surface area (Å²) in [5.41, 5.74) is 0.217. The maximum Gasteiger partial charge on any atom is 0.419 e. The molecule has 6 heteroatoms. The first-order chi connectivity index (χ1) is 10.1. The lowest BCUT2D eigenvalue weighted by Gasteiger charge is -2.26. The summed E-state index contributed by atoms with van der Waals surface area (Å²) >= 11 is 0. The van der Waals surface area contributed by atoms with Crippen LogP contribution in [0.2, 0.25) is 0 Å². The van der Waals surface area contributed by atoms with Gasteiger partial charge in [-0.3, -0.25) is 0 Å². The Bertz CT molecular complexity index is 598. The number of halogens is 3. The highest BCUT2D eigenvalue weighted by Gasteiger charge is 2.39. The third-order valence-corrected chi connectivity index (χ3v) is 3.75. The Balaban J connectivity index is 2.10. The molecule has 0 bridgehead atoms. The molecule has 1 N–H and O–H groups in total. The van der Waals surface area contributed by atoms with Gasteiger partial charge in [-0.1, -0.05) is 24.6 Å². The fourth-order valence-corrected chi connectivity index (χ4v) is 2.77. The smallest absolute Gasteiger partial charge is 0.309 e. The van der Waals surface area contributed by atoms with Crippen molar-refractivity contribution >= 4 is 0 Å². The molecule has 1 aliphatic heterocycles. The van der Waals surface area contributed by atoms with Crippen molar-refractivity contribution in [3.8, 4) is 5.69 Å². The van der Waals surface area contributed by atoms with E-state index < -0.39 is 11.7 Å². The summed E-state index contributed by atoms with van der Waals surface area (Å²) in [6.07, 6.45) is -0.839. The zero-order valence-corrected chi connectivity index (χ0v) is 11.4. The molecule has 21 heavy (non-hydrogen) atoms. The molecular formula is C15H16F3N3.